The van der Waals surface area contributed by atoms with Gasteiger partial charge in [-0.15, -0.1) is 0 Å². The van der Waals surface area contributed by atoms with Crippen LogP contribution >= 0.6 is 11.5 Å². The van der Waals surface area contributed by atoms with Crippen LogP contribution in [0.5, 0.6) is 0 Å². The van der Waals surface area contributed by atoms with Crippen molar-refractivity contribution in [3.05, 3.63) is 5.82 Å². The van der Waals surface area contributed by atoms with Crippen LogP contribution in [0.2, 0.25) is 0 Å². The number of hydrogen-bond donors (Lipinski definition) is 1. The lowest BCUT2D eigenvalue weighted by molar-refractivity contribution is 0.305. The Hall–Kier alpha value is -0.680. The summed E-state index contributed by atoms with van der Waals surface area (Å²) >= 11 is 1.54. The lowest BCUT2D eigenvalue weighted by atomic mass is 9.90. The minimum Gasteiger partial charge on any atom is -0.347 e. The quantitative estimate of drug-likeness (QED) is 0.894. The zero-order valence-electron chi connectivity index (χ0n) is 12.1. The summed E-state index contributed by atoms with van der Waals surface area (Å²) in [5.41, 5.74) is 0.331. The number of hydrogen-bond acceptors (Lipinski definition) is 5. The molecule has 1 fully saturated rings. The van der Waals surface area contributed by atoms with Crippen molar-refractivity contribution in [1.82, 2.24) is 14.7 Å². The lowest BCUT2D eigenvalue weighted by Crippen LogP contribution is -2.50. The van der Waals surface area contributed by atoms with Crippen LogP contribution in [0.25, 0.3) is 0 Å². The molecular weight excluding hydrogens is 244 g/mol. The molecule has 4 nitrogen and oxygen atoms in total. The fourth-order valence-corrected chi connectivity index (χ4v) is 3.00. The minimum absolute atomic E-state index is 0.0457. The van der Waals surface area contributed by atoms with Gasteiger partial charge in [0.25, 0.3) is 0 Å². The van der Waals surface area contributed by atoms with Gasteiger partial charge in [-0.2, -0.15) is 4.37 Å². The summed E-state index contributed by atoms with van der Waals surface area (Å²) in [7, 11) is 2.05. The van der Waals surface area contributed by atoms with Crippen molar-refractivity contribution in [1.29, 1.82) is 0 Å². The zero-order chi connectivity index (χ0) is 13.4. The van der Waals surface area contributed by atoms with Crippen LogP contribution in [0, 0.1) is 0 Å². The second-order valence-electron chi connectivity index (χ2n) is 6.45. The van der Waals surface area contributed by atoms with Crippen LogP contribution in [0.3, 0.4) is 0 Å². The molecule has 0 atom stereocenters. The van der Waals surface area contributed by atoms with Crippen molar-refractivity contribution in [2.45, 2.75) is 51.5 Å². The molecule has 0 aliphatic carbocycles. The van der Waals surface area contributed by atoms with Gasteiger partial charge in [0.2, 0.25) is 5.13 Å². The summed E-state index contributed by atoms with van der Waals surface area (Å²) in [6, 6.07) is 0. The Morgan fingerprint density at radius 2 is 1.89 bits per heavy atom. The highest BCUT2D eigenvalue weighted by Gasteiger charge is 2.30. The summed E-state index contributed by atoms with van der Waals surface area (Å²) in [6.07, 6.45) is 2.32. The maximum atomic E-state index is 4.69. The summed E-state index contributed by atoms with van der Waals surface area (Å²) in [5, 5.41) is 4.50. The van der Waals surface area contributed by atoms with E-state index in [4.69, 9.17) is 4.98 Å². The number of nitrogens with zero attached hydrogens (tertiary/aromatic N) is 3. The van der Waals surface area contributed by atoms with Gasteiger partial charge in [0.05, 0.1) is 0 Å². The molecule has 18 heavy (non-hydrogen) atoms. The molecule has 0 bridgehead atoms. The van der Waals surface area contributed by atoms with Gasteiger partial charge in [0, 0.05) is 35.6 Å². The van der Waals surface area contributed by atoms with Crippen molar-refractivity contribution in [3.8, 4) is 0 Å². The Morgan fingerprint density at radius 3 is 2.33 bits per heavy atom. The Kier molecular flexibility index (Phi) is 3.65. The molecule has 1 aliphatic heterocycles. The maximum absolute atomic E-state index is 4.69. The van der Waals surface area contributed by atoms with E-state index in [1.165, 1.54) is 11.5 Å². The third-order valence-electron chi connectivity index (χ3n) is 3.83. The highest BCUT2D eigenvalue weighted by Crippen LogP contribution is 2.29. The molecule has 1 aromatic rings. The van der Waals surface area contributed by atoms with E-state index in [0.717, 1.165) is 36.9 Å². The van der Waals surface area contributed by atoms with Gasteiger partial charge < -0.3 is 10.2 Å². The average Bonchev–Trinajstić information content (AvgIpc) is 2.79. The van der Waals surface area contributed by atoms with Crippen LogP contribution in [0.4, 0.5) is 5.13 Å². The molecule has 0 spiro atoms. The normalized spacial score (nSPS) is 20.2. The van der Waals surface area contributed by atoms with Gasteiger partial charge in [-0.3, -0.25) is 0 Å². The zero-order valence-corrected chi connectivity index (χ0v) is 12.9. The first kappa shape index (κ1) is 13.7. The maximum Gasteiger partial charge on any atom is 0.205 e. The third kappa shape index (κ3) is 2.83. The molecule has 1 aromatic heterocycles. The molecular formula is C13H24N4S. The second-order valence-corrected chi connectivity index (χ2v) is 7.18. The monoisotopic (exact) mass is 268 g/mol. The van der Waals surface area contributed by atoms with Crippen molar-refractivity contribution in [3.63, 3.8) is 0 Å². The molecule has 1 saturated heterocycles. The number of anilines is 1. The standard InChI is InChI=1S/C13H24N4S/c1-12(2,3)10-15-11(18-16-10)17-8-6-13(4,14-5)7-9-17/h14H,6-9H2,1-5H3. The van der Waals surface area contributed by atoms with Crippen molar-refractivity contribution in [2.75, 3.05) is 25.0 Å². The van der Waals surface area contributed by atoms with Gasteiger partial charge in [-0.05, 0) is 26.8 Å². The molecule has 2 heterocycles. The fourth-order valence-electron chi connectivity index (χ4n) is 2.09. The Labute approximate surface area is 114 Å². The van der Waals surface area contributed by atoms with Crippen LogP contribution in [-0.2, 0) is 5.41 Å². The average molecular weight is 268 g/mol. The summed E-state index contributed by atoms with van der Waals surface area (Å²) in [6.45, 7) is 10.9. The SMILES string of the molecule is CNC1(C)CCN(c2nc(C(C)(C)C)ns2)CC1. The molecule has 0 aromatic carbocycles. The van der Waals surface area contributed by atoms with Gasteiger partial charge in [0.1, 0.15) is 5.82 Å². The Bertz CT molecular complexity index is 399. The van der Waals surface area contributed by atoms with E-state index in [-0.39, 0.29) is 11.0 Å². The van der Waals surface area contributed by atoms with E-state index in [2.05, 4.69) is 49.3 Å². The molecule has 102 valence electrons. The van der Waals surface area contributed by atoms with E-state index >= 15 is 0 Å². The van der Waals surface area contributed by atoms with Crippen LogP contribution in [-0.4, -0.2) is 35.0 Å². The van der Waals surface area contributed by atoms with Crippen LogP contribution in [0.1, 0.15) is 46.4 Å². The second kappa shape index (κ2) is 4.78. The number of rotatable bonds is 2. The van der Waals surface area contributed by atoms with E-state index in [1.807, 2.05) is 0 Å². The molecule has 1 N–H and O–H groups in total. The third-order valence-corrected chi connectivity index (χ3v) is 4.60. The van der Waals surface area contributed by atoms with Gasteiger partial charge in [-0.25, -0.2) is 4.98 Å². The largest absolute Gasteiger partial charge is 0.347 e. The smallest absolute Gasteiger partial charge is 0.205 e. The van der Waals surface area contributed by atoms with E-state index in [0.29, 0.717) is 0 Å². The van der Waals surface area contributed by atoms with Crippen LogP contribution < -0.4 is 10.2 Å². The Balaban J connectivity index is 2.04. The summed E-state index contributed by atoms with van der Waals surface area (Å²) in [5.74, 6) is 0.962. The van der Waals surface area contributed by atoms with Gasteiger partial charge in [-0.1, -0.05) is 20.8 Å². The summed E-state index contributed by atoms with van der Waals surface area (Å²) < 4.78 is 4.49. The fraction of sp³-hybridized carbons (Fsp3) is 0.846. The minimum atomic E-state index is 0.0457. The molecule has 0 radical (unpaired) electrons. The van der Waals surface area contributed by atoms with E-state index in [1.54, 1.807) is 0 Å². The van der Waals surface area contributed by atoms with Gasteiger partial charge >= 0.3 is 0 Å². The van der Waals surface area contributed by atoms with Crippen LogP contribution in [0.15, 0.2) is 0 Å². The predicted octanol–water partition coefficient (Wildman–Crippen LogP) is 2.41. The molecule has 0 unspecified atom stereocenters. The van der Waals surface area contributed by atoms with Crippen molar-refractivity contribution >= 4 is 16.7 Å². The highest BCUT2D eigenvalue weighted by molar-refractivity contribution is 7.09. The van der Waals surface area contributed by atoms with Crippen molar-refractivity contribution < 1.29 is 0 Å². The number of piperidine rings is 1. The number of nitrogens with one attached hydrogen (secondary N) is 1. The number of aromatic nitrogens is 2. The molecule has 0 saturated carbocycles. The molecule has 5 heteroatoms. The van der Waals surface area contributed by atoms with E-state index in [9.17, 15) is 0 Å². The molecule has 2 rings (SSSR count). The topological polar surface area (TPSA) is 41.0 Å². The van der Waals surface area contributed by atoms with Crippen molar-refractivity contribution in [2.24, 2.45) is 0 Å². The first-order chi connectivity index (χ1) is 8.34. The lowest BCUT2D eigenvalue weighted by Gasteiger charge is -2.39. The predicted molar refractivity (Wildman–Crippen MR) is 77.5 cm³/mol. The van der Waals surface area contributed by atoms with Gasteiger partial charge in [0.15, 0.2) is 0 Å². The first-order valence-electron chi connectivity index (χ1n) is 6.62. The molecule has 0 amide bonds. The first-order valence-corrected chi connectivity index (χ1v) is 7.39. The summed E-state index contributed by atoms with van der Waals surface area (Å²) in [4.78, 5) is 7.06. The molecule has 1 aliphatic rings. The van der Waals surface area contributed by atoms with E-state index < -0.39 is 0 Å². The highest BCUT2D eigenvalue weighted by atomic mass is 32.1. The Morgan fingerprint density at radius 1 is 1.28 bits per heavy atom.